The molecule has 0 N–H and O–H groups in total. The van der Waals surface area contributed by atoms with Gasteiger partial charge in [0.2, 0.25) is 0 Å². The van der Waals surface area contributed by atoms with Gasteiger partial charge < -0.3 is 4.74 Å². The van der Waals surface area contributed by atoms with Crippen LogP contribution in [0, 0.1) is 0 Å². The molecule has 0 aliphatic heterocycles. The van der Waals surface area contributed by atoms with Crippen LogP contribution in [0.1, 0.15) is 20.8 Å². The Morgan fingerprint density at radius 3 is 2.58 bits per heavy atom. The van der Waals surface area contributed by atoms with Crippen molar-refractivity contribution >= 4 is 39.3 Å². The molecule has 5 heteroatoms. The van der Waals surface area contributed by atoms with E-state index < -0.39 is 11.7 Å². The van der Waals surface area contributed by atoms with E-state index in [1.165, 1.54) is 10.4 Å². The third kappa shape index (κ3) is 5.25. The zero-order chi connectivity index (χ0) is 14.5. The molecule has 0 aliphatic carbocycles. The van der Waals surface area contributed by atoms with Crippen LogP contribution >= 0.6 is 27.5 Å². The van der Waals surface area contributed by atoms with E-state index in [1.807, 2.05) is 45.0 Å². The molecule has 104 valence electrons. The summed E-state index contributed by atoms with van der Waals surface area (Å²) >= 11 is 8.97. The first kappa shape index (κ1) is 16.1. The zero-order valence-electron chi connectivity index (χ0n) is 11.2. The van der Waals surface area contributed by atoms with Crippen LogP contribution < -0.4 is 4.90 Å². The number of ether oxygens (including phenoxy) is 1. The summed E-state index contributed by atoms with van der Waals surface area (Å²) in [5.41, 5.74) is 1.58. The predicted molar refractivity (Wildman–Crippen MR) is 82.7 cm³/mol. The van der Waals surface area contributed by atoms with Gasteiger partial charge in [-0.3, -0.25) is 4.90 Å². The second kappa shape index (κ2) is 6.96. The van der Waals surface area contributed by atoms with Gasteiger partial charge in [0.15, 0.2) is 0 Å². The molecule has 0 aromatic heterocycles. The van der Waals surface area contributed by atoms with Gasteiger partial charge in [0.1, 0.15) is 5.60 Å². The standard InChI is InChI=1S/C14H17BrClNO2/c1-14(2,3)19-13(18)17(10-6-9-16)12-8-5-4-7-11(12)15/h4-9H,10H2,1-3H3. The summed E-state index contributed by atoms with van der Waals surface area (Å²) in [5.74, 6) is 0. The van der Waals surface area contributed by atoms with Gasteiger partial charge in [0.05, 0.1) is 5.69 Å². The highest BCUT2D eigenvalue weighted by Gasteiger charge is 2.23. The Kier molecular flexibility index (Phi) is 5.88. The molecule has 0 atom stereocenters. The van der Waals surface area contributed by atoms with Crippen molar-refractivity contribution in [3.8, 4) is 0 Å². The molecule has 0 unspecified atom stereocenters. The minimum atomic E-state index is -0.540. The normalized spacial score (nSPS) is 11.6. The zero-order valence-corrected chi connectivity index (χ0v) is 13.5. The lowest BCUT2D eigenvalue weighted by atomic mass is 10.2. The summed E-state index contributed by atoms with van der Waals surface area (Å²) in [4.78, 5) is 13.7. The number of para-hydroxylation sites is 1. The SMILES string of the molecule is CC(C)(C)OC(=O)N(CC=CCl)c1ccccc1Br. The van der Waals surface area contributed by atoms with Gasteiger partial charge in [0, 0.05) is 16.6 Å². The summed E-state index contributed by atoms with van der Waals surface area (Å²) in [6.07, 6.45) is 1.28. The Bertz CT molecular complexity index is 469. The number of anilines is 1. The molecule has 3 nitrogen and oxygen atoms in total. The van der Waals surface area contributed by atoms with Crippen molar-refractivity contribution in [1.29, 1.82) is 0 Å². The van der Waals surface area contributed by atoms with Gasteiger partial charge in [-0.05, 0) is 48.8 Å². The molecule has 0 saturated heterocycles. The average molecular weight is 347 g/mol. The van der Waals surface area contributed by atoms with Crippen molar-refractivity contribution < 1.29 is 9.53 Å². The van der Waals surface area contributed by atoms with E-state index >= 15 is 0 Å². The van der Waals surface area contributed by atoms with Crippen LogP contribution in [0.15, 0.2) is 40.3 Å². The van der Waals surface area contributed by atoms with E-state index in [0.29, 0.717) is 6.54 Å². The maximum absolute atomic E-state index is 12.2. The number of carbonyl (C=O) groups excluding carboxylic acids is 1. The third-order valence-electron chi connectivity index (χ3n) is 2.13. The number of amides is 1. The highest BCUT2D eigenvalue weighted by molar-refractivity contribution is 9.10. The van der Waals surface area contributed by atoms with Crippen LogP contribution in [0.5, 0.6) is 0 Å². The summed E-state index contributed by atoms with van der Waals surface area (Å²) < 4.78 is 6.22. The smallest absolute Gasteiger partial charge is 0.415 e. The van der Waals surface area contributed by atoms with Crippen LogP contribution in [0.2, 0.25) is 0 Å². The van der Waals surface area contributed by atoms with E-state index in [1.54, 1.807) is 6.08 Å². The molecule has 0 aliphatic rings. The van der Waals surface area contributed by atoms with Gasteiger partial charge in [-0.2, -0.15) is 0 Å². The first-order valence-electron chi connectivity index (χ1n) is 5.85. The Morgan fingerprint density at radius 2 is 2.05 bits per heavy atom. The fourth-order valence-corrected chi connectivity index (χ4v) is 1.98. The van der Waals surface area contributed by atoms with Gasteiger partial charge in [-0.25, -0.2) is 4.79 Å². The molecule has 0 saturated carbocycles. The number of benzene rings is 1. The van der Waals surface area contributed by atoms with Crippen molar-refractivity contribution in [3.63, 3.8) is 0 Å². The Morgan fingerprint density at radius 1 is 1.42 bits per heavy atom. The van der Waals surface area contributed by atoms with Crippen molar-refractivity contribution in [1.82, 2.24) is 0 Å². The monoisotopic (exact) mass is 345 g/mol. The number of carbonyl (C=O) groups is 1. The molecule has 0 heterocycles. The first-order valence-corrected chi connectivity index (χ1v) is 7.08. The molecule has 0 radical (unpaired) electrons. The van der Waals surface area contributed by atoms with E-state index in [2.05, 4.69) is 15.9 Å². The maximum atomic E-state index is 12.2. The molecule has 0 spiro atoms. The second-order valence-electron chi connectivity index (χ2n) is 4.90. The number of rotatable bonds is 3. The first-order chi connectivity index (χ1) is 8.85. The van der Waals surface area contributed by atoms with Crippen LogP contribution in [0.4, 0.5) is 10.5 Å². The number of halogens is 2. The molecule has 0 fully saturated rings. The van der Waals surface area contributed by atoms with Crippen molar-refractivity contribution in [2.75, 3.05) is 11.4 Å². The highest BCUT2D eigenvalue weighted by Crippen LogP contribution is 2.27. The van der Waals surface area contributed by atoms with Crippen LogP contribution in [-0.4, -0.2) is 18.2 Å². The summed E-state index contributed by atoms with van der Waals surface area (Å²) in [5, 5.41) is 0. The third-order valence-corrected chi connectivity index (χ3v) is 2.98. The van der Waals surface area contributed by atoms with Crippen LogP contribution in [-0.2, 0) is 4.74 Å². The number of nitrogens with zero attached hydrogens (tertiary/aromatic N) is 1. The van der Waals surface area contributed by atoms with E-state index in [0.717, 1.165) is 10.2 Å². The van der Waals surface area contributed by atoms with Crippen LogP contribution in [0.25, 0.3) is 0 Å². The van der Waals surface area contributed by atoms with Crippen molar-refractivity contribution in [2.24, 2.45) is 0 Å². The number of hydrogen-bond donors (Lipinski definition) is 0. The Labute approximate surface area is 127 Å². The summed E-state index contributed by atoms with van der Waals surface area (Å²) in [6.45, 7) is 5.85. The predicted octanol–water partition coefficient (Wildman–Crippen LogP) is 4.94. The topological polar surface area (TPSA) is 29.5 Å². The van der Waals surface area contributed by atoms with Gasteiger partial charge in [-0.15, -0.1) is 0 Å². The maximum Gasteiger partial charge on any atom is 0.415 e. The molecule has 19 heavy (non-hydrogen) atoms. The lowest BCUT2D eigenvalue weighted by Crippen LogP contribution is -2.37. The Balaban J connectivity index is 3.02. The summed E-state index contributed by atoms with van der Waals surface area (Å²) in [7, 11) is 0. The molecule has 0 bridgehead atoms. The minimum absolute atomic E-state index is 0.348. The molecule has 1 amide bonds. The lowest BCUT2D eigenvalue weighted by Gasteiger charge is -2.27. The van der Waals surface area contributed by atoms with Crippen molar-refractivity contribution in [3.05, 3.63) is 40.3 Å². The molecule has 1 rings (SSSR count). The molecular formula is C14H17BrClNO2. The van der Waals surface area contributed by atoms with Crippen LogP contribution in [0.3, 0.4) is 0 Å². The van der Waals surface area contributed by atoms with E-state index in [4.69, 9.17) is 16.3 Å². The van der Waals surface area contributed by atoms with Crippen molar-refractivity contribution in [2.45, 2.75) is 26.4 Å². The quantitative estimate of drug-likeness (QED) is 0.775. The molecular weight excluding hydrogens is 330 g/mol. The van der Waals surface area contributed by atoms with E-state index in [-0.39, 0.29) is 0 Å². The summed E-state index contributed by atoms with van der Waals surface area (Å²) in [6, 6.07) is 7.47. The van der Waals surface area contributed by atoms with Gasteiger partial charge in [-0.1, -0.05) is 29.8 Å². The fourth-order valence-electron chi connectivity index (χ4n) is 1.40. The molecule has 1 aromatic carbocycles. The second-order valence-corrected chi connectivity index (χ2v) is 6.01. The van der Waals surface area contributed by atoms with Gasteiger partial charge in [0.25, 0.3) is 0 Å². The lowest BCUT2D eigenvalue weighted by molar-refractivity contribution is 0.0584. The largest absolute Gasteiger partial charge is 0.443 e. The molecule has 1 aromatic rings. The van der Waals surface area contributed by atoms with E-state index in [9.17, 15) is 4.79 Å². The Hall–Kier alpha value is -1.000. The highest BCUT2D eigenvalue weighted by atomic mass is 79.9. The minimum Gasteiger partial charge on any atom is -0.443 e. The van der Waals surface area contributed by atoms with Gasteiger partial charge >= 0.3 is 6.09 Å². The average Bonchev–Trinajstić information content (AvgIpc) is 2.29. The fraction of sp³-hybridized carbons (Fsp3) is 0.357. The number of hydrogen-bond acceptors (Lipinski definition) is 2.